The Morgan fingerprint density at radius 2 is 1.86 bits per heavy atom. The van der Waals surface area contributed by atoms with Gasteiger partial charge < -0.3 is 14.9 Å². The van der Waals surface area contributed by atoms with Gasteiger partial charge >= 0.3 is 12.0 Å². The highest BCUT2D eigenvalue weighted by atomic mass is 16.4. The number of carboxylic acids is 1. The van der Waals surface area contributed by atoms with Gasteiger partial charge in [-0.3, -0.25) is 4.79 Å². The second-order valence-electron chi connectivity index (χ2n) is 5.65. The minimum atomic E-state index is -0.982. The highest BCUT2D eigenvalue weighted by Crippen LogP contribution is 2.22. The van der Waals surface area contributed by atoms with Crippen molar-refractivity contribution in [2.75, 3.05) is 26.7 Å². The van der Waals surface area contributed by atoms with E-state index in [0.29, 0.717) is 19.0 Å². The lowest BCUT2D eigenvalue weighted by atomic mass is 9.90. The maximum absolute atomic E-state index is 12.1. The fraction of sp³-hybridized carbons (Fsp3) is 0.500. The average Bonchev–Trinajstić information content (AvgIpc) is 2.47. The first-order chi connectivity index (χ1) is 10.1. The molecule has 1 aliphatic rings. The van der Waals surface area contributed by atoms with E-state index in [1.807, 2.05) is 6.07 Å². The van der Waals surface area contributed by atoms with Gasteiger partial charge in [-0.25, -0.2) is 4.79 Å². The minimum absolute atomic E-state index is 0.185. The van der Waals surface area contributed by atoms with Crippen molar-refractivity contribution in [2.24, 2.45) is 5.92 Å². The number of hydrogen-bond donors (Lipinski definition) is 1. The Hall–Kier alpha value is -2.04. The molecule has 1 N–H and O–H groups in total. The Morgan fingerprint density at radius 1 is 1.24 bits per heavy atom. The van der Waals surface area contributed by atoms with Gasteiger partial charge in [-0.15, -0.1) is 0 Å². The normalized spacial score (nSPS) is 15.8. The lowest BCUT2D eigenvalue weighted by Gasteiger charge is -2.34. The second-order valence-corrected chi connectivity index (χ2v) is 5.65. The van der Waals surface area contributed by atoms with E-state index in [-0.39, 0.29) is 12.6 Å². The van der Waals surface area contributed by atoms with Crippen molar-refractivity contribution in [1.82, 2.24) is 9.80 Å². The second kappa shape index (κ2) is 7.11. The van der Waals surface area contributed by atoms with Crippen molar-refractivity contribution in [3.63, 3.8) is 0 Å². The van der Waals surface area contributed by atoms with Crippen LogP contribution in [-0.2, 0) is 11.2 Å². The molecule has 0 bridgehead atoms. The highest BCUT2D eigenvalue weighted by molar-refractivity contribution is 5.79. The number of urea groups is 1. The topological polar surface area (TPSA) is 60.9 Å². The molecular formula is C16H22N2O3. The molecule has 21 heavy (non-hydrogen) atoms. The van der Waals surface area contributed by atoms with Crippen molar-refractivity contribution in [1.29, 1.82) is 0 Å². The molecule has 1 aromatic rings. The van der Waals surface area contributed by atoms with Gasteiger partial charge in [0.2, 0.25) is 0 Å². The zero-order valence-electron chi connectivity index (χ0n) is 12.4. The number of amides is 2. The van der Waals surface area contributed by atoms with E-state index in [1.165, 1.54) is 17.5 Å². The highest BCUT2D eigenvalue weighted by Gasteiger charge is 2.25. The van der Waals surface area contributed by atoms with Crippen molar-refractivity contribution in [2.45, 2.75) is 19.3 Å². The Bertz CT molecular complexity index is 482. The fourth-order valence-electron chi connectivity index (χ4n) is 2.79. The molecule has 1 saturated heterocycles. The smallest absolute Gasteiger partial charge is 0.323 e. The van der Waals surface area contributed by atoms with E-state index in [4.69, 9.17) is 5.11 Å². The third kappa shape index (κ3) is 4.48. The summed E-state index contributed by atoms with van der Waals surface area (Å²) < 4.78 is 0. The molecular weight excluding hydrogens is 268 g/mol. The molecule has 0 unspecified atom stereocenters. The maximum Gasteiger partial charge on any atom is 0.323 e. The molecule has 0 spiro atoms. The summed E-state index contributed by atoms with van der Waals surface area (Å²) in [6, 6.07) is 10.2. The number of aliphatic carboxylic acids is 1. The summed E-state index contributed by atoms with van der Waals surface area (Å²) in [4.78, 5) is 25.7. The average molecular weight is 290 g/mol. The molecule has 2 rings (SSSR count). The van der Waals surface area contributed by atoms with Crippen LogP contribution in [0.4, 0.5) is 4.79 Å². The lowest BCUT2D eigenvalue weighted by molar-refractivity contribution is -0.137. The number of piperidine rings is 1. The lowest BCUT2D eigenvalue weighted by Crippen LogP contribution is -2.46. The standard InChI is InChI=1S/C16H22N2O3/c1-17(12-15(19)20)16(21)18-9-7-14(8-10-18)11-13-5-3-2-4-6-13/h2-6,14H,7-12H2,1H3,(H,19,20). The Kier molecular flexibility index (Phi) is 5.20. The quantitative estimate of drug-likeness (QED) is 0.923. The summed E-state index contributed by atoms with van der Waals surface area (Å²) >= 11 is 0. The third-order valence-corrected chi connectivity index (χ3v) is 3.95. The molecule has 0 atom stereocenters. The molecule has 0 saturated carbocycles. The summed E-state index contributed by atoms with van der Waals surface area (Å²) in [5.41, 5.74) is 1.34. The van der Waals surface area contributed by atoms with Crippen molar-refractivity contribution < 1.29 is 14.7 Å². The van der Waals surface area contributed by atoms with E-state index in [2.05, 4.69) is 24.3 Å². The summed E-state index contributed by atoms with van der Waals surface area (Å²) in [6.07, 6.45) is 3.00. The number of carboxylic acid groups (broad SMARTS) is 1. The molecule has 114 valence electrons. The van der Waals surface area contributed by atoms with Crippen molar-refractivity contribution in [3.05, 3.63) is 35.9 Å². The molecule has 1 aromatic carbocycles. The van der Waals surface area contributed by atoms with Gasteiger partial charge in [0.15, 0.2) is 0 Å². The Balaban J connectivity index is 1.80. The van der Waals surface area contributed by atoms with Crippen LogP contribution in [0.15, 0.2) is 30.3 Å². The van der Waals surface area contributed by atoms with Gasteiger partial charge in [0.25, 0.3) is 0 Å². The number of benzene rings is 1. The van der Waals surface area contributed by atoms with Crippen LogP contribution in [0.5, 0.6) is 0 Å². The summed E-state index contributed by atoms with van der Waals surface area (Å²) in [7, 11) is 1.53. The van der Waals surface area contributed by atoms with Gasteiger partial charge in [0, 0.05) is 20.1 Å². The minimum Gasteiger partial charge on any atom is -0.480 e. The van der Waals surface area contributed by atoms with Crippen molar-refractivity contribution in [3.8, 4) is 0 Å². The van der Waals surface area contributed by atoms with Gasteiger partial charge in [0.05, 0.1) is 0 Å². The predicted octanol–water partition coefficient (Wildman–Crippen LogP) is 2.08. The number of rotatable bonds is 4. The van der Waals surface area contributed by atoms with Crippen LogP contribution in [0.1, 0.15) is 18.4 Å². The van der Waals surface area contributed by atoms with Crippen molar-refractivity contribution >= 4 is 12.0 Å². The van der Waals surface area contributed by atoms with E-state index < -0.39 is 5.97 Å². The van der Waals surface area contributed by atoms with Crippen LogP contribution >= 0.6 is 0 Å². The zero-order chi connectivity index (χ0) is 15.2. The molecule has 1 fully saturated rings. The molecule has 5 heteroatoms. The molecule has 2 amide bonds. The molecule has 0 aromatic heterocycles. The largest absolute Gasteiger partial charge is 0.480 e. The molecule has 0 aliphatic carbocycles. The molecule has 1 aliphatic heterocycles. The van der Waals surface area contributed by atoms with E-state index in [0.717, 1.165) is 19.3 Å². The number of likely N-dealkylation sites (N-methyl/N-ethyl adjacent to an activating group) is 1. The number of likely N-dealkylation sites (tertiary alicyclic amines) is 1. The number of carbonyl (C=O) groups is 2. The van der Waals surface area contributed by atoms with E-state index in [1.54, 1.807) is 4.90 Å². The van der Waals surface area contributed by atoms with Crippen LogP contribution < -0.4 is 0 Å². The first kappa shape index (κ1) is 15.4. The van der Waals surface area contributed by atoms with Gasteiger partial charge in [-0.2, -0.15) is 0 Å². The maximum atomic E-state index is 12.1. The number of hydrogen-bond acceptors (Lipinski definition) is 2. The van der Waals surface area contributed by atoms with Gasteiger partial charge in [-0.05, 0) is 30.7 Å². The third-order valence-electron chi connectivity index (χ3n) is 3.95. The van der Waals surface area contributed by atoms with E-state index in [9.17, 15) is 9.59 Å². The molecule has 0 radical (unpaired) electrons. The van der Waals surface area contributed by atoms with Crippen LogP contribution in [-0.4, -0.2) is 53.6 Å². The van der Waals surface area contributed by atoms with Gasteiger partial charge in [0.1, 0.15) is 6.54 Å². The van der Waals surface area contributed by atoms with Crippen LogP contribution in [0.2, 0.25) is 0 Å². The molecule has 1 heterocycles. The monoisotopic (exact) mass is 290 g/mol. The number of nitrogens with zero attached hydrogens (tertiary/aromatic N) is 2. The molecule has 5 nitrogen and oxygen atoms in total. The Morgan fingerprint density at radius 3 is 2.43 bits per heavy atom. The summed E-state index contributed by atoms with van der Waals surface area (Å²) in [5, 5.41) is 8.72. The van der Waals surface area contributed by atoms with Crippen LogP contribution in [0.25, 0.3) is 0 Å². The SMILES string of the molecule is CN(CC(=O)O)C(=O)N1CCC(Cc2ccccc2)CC1. The summed E-state index contributed by atoms with van der Waals surface area (Å²) in [6.45, 7) is 1.17. The predicted molar refractivity (Wildman–Crippen MR) is 80.1 cm³/mol. The van der Waals surface area contributed by atoms with Gasteiger partial charge in [-0.1, -0.05) is 30.3 Å². The fourth-order valence-corrected chi connectivity index (χ4v) is 2.79. The van der Waals surface area contributed by atoms with Crippen LogP contribution in [0, 0.1) is 5.92 Å². The van der Waals surface area contributed by atoms with E-state index >= 15 is 0 Å². The first-order valence-corrected chi connectivity index (χ1v) is 7.32. The number of carbonyl (C=O) groups excluding carboxylic acids is 1. The Labute approximate surface area is 125 Å². The first-order valence-electron chi connectivity index (χ1n) is 7.32. The summed E-state index contributed by atoms with van der Waals surface area (Å²) in [5.74, 6) is -0.383. The zero-order valence-corrected chi connectivity index (χ0v) is 12.4. The van der Waals surface area contributed by atoms with Crippen LogP contribution in [0.3, 0.4) is 0 Å².